The quantitative estimate of drug-likeness (QED) is 0.637. The number of nitriles is 1. The highest BCUT2D eigenvalue weighted by Crippen LogP contribution is 2.24. The summed E-state index contributed by atoms with van der Waals surface area (Å²) in [6, 6.07) is 3.88. The van der Waals surface area contributed by atoms with Crippen molar-refractivity contribution in [1.82, 2.24) is 15.0 Å². The van der Waals surface area contributed by atoms with Crippen molar-refractivity contribution >= 4 is 17.1 Å². The van der Waals surface area contributed by atoms with Crippen molar-refractivity contribution in [3.05, 3.63) is 35.4 Å². The molecular formula is C11H6N4. The van der Waals surface area contributed by atoms with Gasteiger partial charge in [0.25, 0.3) is 0 Å². The first kappa shape index (κ1) is 8.06. The van der Waals surface area contributed by atoms with E-state index in [4.69, 9.17) is 5.26 Å². The summed E-state index contributed by atoms with van der Waals surface area (Å²) in [5.74, 6) is 0.192. The summed E-state index contributed by atoms with van der Waals surface area (Å²) in [6.45, 7) is 0. The standard InChI is InChI=1S/C11H6N4/c12-6-9-14-8-3-1-2-7-4-5-13-11(15-9)10(7)8/h1-2,4-5H,3H2. The minimum absolute atomic E-state index is 0.192. The fourth-order valence-electron chi connectivity index (χ4n) is 1.79. The smallest absolute Gasteiger partial charge is 0.234 e. The minimum atomic E-state index is 0.192. The molecule has 4 nitrogen and oxygen atoms in total. The Morgan fingerprint density at radius 3 is 3.13 bits per heavy atom. The van der Waals surface area contributed by atoms with Gasteiger partial charge in [0.2, 0.25) is 5.82 Å². The molecule has 0 aromatic carbocycles. The van der Waals surface area contributed by atoms with Gasteiger partial charge in [-0.05, 0) is 11.6 Å². The fourth-order valence-corrected chi connectivity index (χ4v) is 1.79. The Bertz CT molecular complexity index is 622. The Morgan fingerprint density at radius 2 is 2.27 bits per heavy atom. The summed E-state index contributed by atoms with van der Waals surface area (Å²) in [4.78, 5) is 12.4. The van der Waals surface area contributed by atoms with Crippen LogP contribution in [0.25, 0.3) is 17.1 Å². The summed E-state index contributed by atoms with van der Waals surface area (Å²) in [5, 5.41) is 9.75. The molecule has 2 heterocycles. The molecule has 0 aliphatic heterocycles. The highest BCUT2D eigenvalue weighted by molar-refractivity contribution is 5.89. The van der Waals surface area contributed by atoms with Crippen LogP contribution in [0.5, 0.6) is 0 Å². The number of rotatable bonds is 0. The van der Waals surface area contributed by atoms with Crippen molar-refractivity contribution < 1.29 is 0 Å². The second-order valence-electron chi connectivity index (χ2n) is 3.31. The monoisotopic (exact) mass is 194 g/mol. The third-order valence-electron chi connectivity index (χ3n) is 2.41. The van der Waals surface area contributed by atoms with Crippen molar-refractivity contribution in [2.75, 3.05) is 0 Å². The van der Waals surface area contributed by atoms with Crippen molar-refractivity contribution in [1.29, 1.82) is 5.26 Å². The molecule has 0 spiro atoms. The van der Waals surface area contributed by atoms with Crippen LogP contribution in [-0.2, 0) is 6.42 Å². The SMILES string of the molecule is N#Cc1nc2c3c(ccnc3n1)C=CC2. The van der Waals surface area contributed by atoms with Gasteiger partial charge in [-0.1, -0.05) is 12.2 Å². The second kappa shape index (κ2) is 2.85. The van der Waals surface area contributed by atoms with Crippen molar-refractivity contribution in [2.24, 2.45) is 0 Å². The van der Waals surface area contributed by atoms with Gasteiger partial charge in [0.1, 0.15) is 6.07 Å². The van der Waals surface area contributed by atoms with Gasteiger partial charge in [-0.3, -0.25) is 0 Å². The Labute approximate surface area is 85.9 Å². The molecule has 0 amide bonds. The zero-order valence-electron chi connectivity index (χ0n) is 7.81. The van der Waals surface area contributed by atoms with Crippen LogP contribution in [0.3, 0.4) is 0 Å². The van der Waals surface area contributed by atoms with Gasteiger partial charge in [0.05, 0.1) is 5.69 Å². The first-order valence-corrected chi connectivity index (χ1v) is 4.61. The van der Waals surface area contributed by atoms with Crippen LogP contribution >= 0.6 is 0 Å². The third kappa shape index (κ3) is 1.10. The maximum atomic E-state index is 8.78. The Kier molecular flexibility index (Phi) is 1.53. The number of hydrogen-bond acceptors (Lipinski definition) is 4. The highest BCUT2D eigenvalue weighted by atomic mass is 14.9. The lowest BCUT2D eigenvalue weighted by molar-refractivity contribution is 1.04. The Morgan fingerprint density at radius 1 is 1.33 bits per heavy atom. The minimum Gasteiger partial charge on any atom is -0.236 e. The first-order valence-electron chi connectivity index (χ1n) is 4.61. The van der Waals surface area contributed by atoms with E-state index in [1.165, 1.54) is 0 Å². The highest BCUT2D eigenvalue weighted by Gasteiger charge is 2.12. The zero-order chi connectivity index (χ0) is 10.3. The molecule has 4 heteroatoms. The maximum absolute atomic E-state index is 8.78. The van der Waals surface area contributed by atoms with E-state index < -0.39 is 0 Å². The molecule has 3 rings (SSSR count). The van der Waals surface area contributed by atoms with Crippen LogP contribution in [0, 0.1) is 11.3 Å². The second-order valence-corrected chi connectivity index (χ2v) is 3.31. The van der Waals surface area contributed by atoms with Gasteiger partial charge in [-0.25, -0.2) is 9.97 Å². The van der Waals surface area contributed by atoms with Crippen LogP contribution in [0.1, 0.15) is 17.1 Å². The summed E-state index contributed by atoms with van der Waals surface area (Å²) >= 11 is 0. The number of aromatic nitrogens is 3. The summed E-state index contributed by atoms with van der Waals surface area (Å²) in [7, 11) is 0. The lowest BCUT2D eigenvalue weighted by atomic mass is 10.0. The van der Waals surface area contributed by atoms with Crippen LogP contribution in [0.15, 0.2) is 18.3 Å². The van der Waals surface area contributed by atoms with Crippen LogP contribution in [-0.4, -0.2) is 15.0 Å². The molecule has 0 fully saturated rings. The molecule has 70 valence electrons. The number of allylic oxidation sites excluding steroid dienone is 1. The molecule has 0 atom stereocenters. The van der Waals surface area contributed by atoms with Crippen LogP contribution < -0.4 is 0 Å². The van der Waals surface area contributed by atoms with Crippen molar-refractivity contribution in [2.45, 2.75) is 6.42 Å². The molecular weight excluding hydrogens is 188 g/mol. The molecule has 0 unspecified atom stereocenters. The molecule has 0 N–H and O–H groups in total. The van der Waals surface area contributed by atoms with E-state index in [1.807, 2.05) is 24.3 Å². The number of pyridine rings is 1. The van der Waals surface area contributed by atoms with Crippen LogP contribution in [0.4, 0.5) is 0 Å². The van der Waals surface area contributed by atoms with E-state index >= 15 is 0 Å². The van der Waals surface area contributed by atoms with Crippen molar-refractivity contribution in [3.8, 4) is 6.07 Å². The van der Waals surface area contributed by atoms with Gasteiger partial charge in [0, 0.05) is 18.0 Å². The van der Waals surface area contributed by atoms with Gasteiger partial charge in [-0.15, -0.1) is 0 Å². The fraction of sp³-hybridized carbons (Fsp3) is 0.0909. The Hall–Kier alpha value is -2.28. The molecule has 2 aromatic rings. The van der Waals surface area contributed by atoms with E-state index in [2.05, 4.69) is 15.0 Å². The van der Waals surface area contributed by atoms with Crippen molar-refractivity contribution in [3.63, 3.8) is 0 Å². The average molecular weight is 194 g/mol. The molecule has 15 heavy (non-hydrogen) atoms. The van der Waals surface area contributed by atoms with Gasteiger partial charge >= 0.3 is 0 Å². The predicted octanol–water partition coefficient (Wildman–Crippen LogP) is 1.47. The van der Waals surface area contributed by atoms with E-state index in [1.54, 1.807) is 6.20 Å². The summed E-state index contributed by atoms with van der Waals surface area (Å²) < 4.78 is 0. The molecule has 0 saturated heterocycles. The molecule has 0 radical (unpaired) electrons. The topological polar surface area (TPSA) is 62.5 Å². The normalized spacial score (nSPS) is 12.7. The zero-order valence-corrected chi connectivity index (χ0v) is 7.81. The lowest BCUT2D eigenvalue weighted by Crippen LogP contribution is -2.02. The maximum Gasteiger partial charge on any atom is 0.234 e. The molecule has 0 saturated carbocycles. The van der Waals surface area contributed by atoms with Gasteiger partial charge in [-0.2, -0.15) is 10.2 Å². The molecule has 2 aromatic heterocycles. The van der Waals surface area contributed by atoms with Crippen LogP contribution in [0.2, 0.25) is 0 Å². The molecule has 0 bridgehead atoms. The predicted molar refractivity (Wildman–Crippen MR) is 54.8 cm³/mol. The van der Waals surface area contributed by atoms with E-state index in [9.17, 15) is 0 Å². The third-order valence-corrected chi connectivity index (χ3v) is 2.41. The van der Waals surface area contributed by atoms with E-state index in [0.717, 1.165) is 23.1 Å². The Balaban J connectivity index is 2.49. The summed E-state index contributed by atoms with van der Waals surface area (Å²) in [5.41, 5.74) is 2.58. The lowest BCUT2D eigenvalue weighted by Gasteiger charge is -2.09. The number of hydrogen-bond donors (Lipinski definition) is 0. The largest absolute Gasteiger partial charge is 0.236 e. The van der Waals surface area contributed by atoms with E-state index in [-0.39, 0.29) is 5.82 Å². The van der Waals surface area contributed by atoms with E-state index in [0.29, 0.717) is 5.65 Å². The van der Waals surface area contributed by atoms with Gasteiger partial charge in [0.15, 0.2) is 5.65 Å². The number of nitrogens with zero attached hydrogens (tertiary/aromatic N) is 4. The first-order chi connectivity index (χ1) is 7.38. The van der Waals surface area contributed by atoms with Gasteiger partial charge < -0.3 is 0 Å². The summed E-state index contributed by atoms with van der Waals surface area (Å²) in [6.07, 6.45) is 6.51. The molecule has 1 aliphatic carbocycles. The average Bonchev–Trinajstić information content (AvgIpc) is 2.29. The molecule has 1 aliphatic rings.